The van der Waals surface area contributed by atoms with Crippen LogP contribution in [0.3, 0.4) is 0 Å². The Morgan fingerprint density at radius 2 is 2.00 bits per heavy atom. The van der Waals surface area contributed by atoms with Gasteiger partial charge in [0, 0.05) is 12.8 Å². The van der Waals surface area contributed by atoms with Crippen LogP contribution in [0.2, 0.25) is 0 Å². The quantitative estimate of drug-likeness (QED) is 0.801. The Bertz CT molecular complexity index is 540. The lowest BCUT2D eigenvalue weighted by Gasteiger charge is -2.28. The molecule has 1 fully saturated rings. The van der Waals surface area contributed by atoms with Gasteiger partial charge in [0.15, 0.2) is 0 Å². The Kier molecular flexibility index (Phi) is 6.48. The molecule has 1 aliphatic rings. The second-order valence-corrected chi connectivity index (χ2v) is 5.90. The van der Waals surface area contributed by atoms with E-state index in [2.05, 4.69) is 0 Å². The van der Waals surface area contributed by atoms with Gasteiger partial charge in [-0.25, -0.2) is 0 Å². The topological polar surface area (TPSA) is 40.0 Å². The molecule has 0 radical (unpaired) electrons. The van der Waals surface area contributed by atoms with Gasteiger partial charge in [0.25, 0.3) is 0 Å². The third kappa shape index (κ3) is 5.40. The molecule has 0 amide bonds. The van der Waals surface area contributed by atoms with Crippen LogP contribution >= 0.6 is 0 Å². The Labute approximate surface area is 139 Å². The van der Waals surface area contributed by atoms with Crippen molar-refractivity contribution in [1.29, 1.82) is 0 Å². The predicted molar refractivity (Wildman–Crippen MR) is 81.9 cm³/mol. The summed E-state index contributed by atoms with van der Waals surface area (Å²) in [5.41, 5.74) is -0.706. The van der Waals surface area contributed by atoms with E-state index in [1.54, 1.807) is 6.92 Å². The van der Waals surface area contributed by atoms with E-state index in [9.17, 15) is 18.0 Å². The van der Waals surface area contributed by atoms with Crippen molar-refractivity contribution in [1.82, 2.24) is 0 Å². The molecule has 0 bridgehead atoms. The Morgan fingerprint density at radius 1 is 1.29 bits per heavy atom. The fourth-order valence-corrected chi connectivity index (χ4v) is 2.85. The average Bonchev–Trinajstić information content (AvgIpc) is 2.55. The lowest BCUT2D eigenvalue weighted by molar-refractivity contribution is -0.905. The number of carbonyl (C=O) groups is 1. The maximum Gasteiger partial charge on any atom is 0.416 e. The molecule has 0 spiro atoms. The molecule has 4 nitrogen and oxygen atoms in total. The summed E-state index contributed by atoms with van der Waals surface area (Å²) in [6, 6.07) is 4.91. The fourth-order valence-electron chi connectivity index (χ4n) is 2.85. The van der Waals surface area contributed by atoms with Crippen LogP contribution in [0.5, 0.6) is 5.75 Å². The highest BCUT2D eigenvalue weighted by Crippen LogP contribution is 2.31. The van der Waals surface area contributed by atoms with Crippen molar-refractivity contribution in [3.05, 3.63) is 29.8 Å². The fraction of sp³-hybridized carbons (Fsp3) is 0.588. The second kappa shape index (κ2) is 8.37. The Hall–Kier alpha value is -1.76. The van der Waals surface area contributed by atoms with Crippen LogP contribution in [-0.4, -0.2) is 38.8 Å². The van der Waals surface area contributed by atoms with Crippen LogP contribution in [0.4, 0.5) is 13.2 Å². The largest absolute Gasteiger partial charge is 0.488 e. The lowest BCUT2D eigenvalue weighted by atomic mass is 9.97. The highest BCUT2D eigenvalue weighted by Gasteiger charge is 2.31. The molecule has 0 unspecified atom stereocenters. The number of piperidine rings is 1. The van der Waals surface area contributed by atoms with E-state index in [1.165, 1.54) is 17.0 Å². The maximum atomic E-state index is 12.6. The SMILES string of the molecule is CCOC(=O)C1CC[NH+](CCOc2cccc(C(F)(F)F)c2)CC1. The van der Waals surface area contributed by atoms with Crippen molar-refractivity contribution in [2.45, 2.75) is 25.9 Å². The molecule has 1 aromatic rings. The van der Waals surface area contributed by atoms with Crippen molar-refractivity contribution < 1.29 is 32.3 Å². The molecule has 7 heteroatoms. The highest BCUT2D eigenvalue weighted by molar-refractivity contribution is 5.72. The normalized spacial score (nSPS) is 21.3. The minimum Gasteiger partial charge on any atom is -0.488 e. The van der Waals surface area contributed by atoms with E-state index >= 15 is 0 Å². The smallest absolute Gasteiger partial charge is 0.416 e. The number of halogens is 3. The number of quaternary nitrogens is 1. The van der Waals surface area contributed by atoms with E-state index in [-0.39, 0.29) is 17.6 Å². The van der Waals surface area contributed by atoms with Crippen LogP contribution in [0.15, 0.2) is 24.3 Å². The minimum atomic E-state index is -4.36. The van der Waals surface area contributed by atoms with Gasteiger partial charge in [-0.1, -0.05) is 6.07 Å². The number of ether oxygens (including phenoxy) is 2. The number of benzene rings is 1. The number of nitrogens with one attached hydrogen (secondary N) is 1. The van der Waals surface area contributed by atoms with Gasteiger partial charge in [0.05, 0.1) is 31.2 Å². The lowest BCUT2D eigenvalue weighted by Crippen LogP contribution is -3.13. The van der Waals surface area contributed by atoms with Crippen molar-refractivity contribution in [3.8, 4) is 5.75 Å². The van der Waals surface area contributed by atoms with Gasteiger partial charge >= 0.3 is 12.1 Å². The predicted octanol–water partition coefficient (Wildman–Crippen LogP) is 1.94. The van der Waals surface area contributed by atoms with Crippen LogP contribution in [0, 0.1) is 5.92 Å². The van der Waals surface area contributed by atoms with Crippen molar-refractivity contribution in [2.24, 2.45) is 5.92 Å². The van der Waals surface area contributed by atoms with Crippen molar-refractivity contribution in [3.63, 3.8) is 0 Å². The average molecular weight is 346 g/mol. The summed E-state index contributed by atoms with van der Waals surface area (Å²) in [4.78, 5) is 13.0. The molecular weight excluding hydrogens is 323 g/mol. The summed E-state index contributed by atoms with van der Waals surface area (Å²) in [5, 5.41) is 0. The van der Waals surface area contributed by atoms with E-state index in [0.29, 0.717) is 19.8 Å². The van der Waals surface area contributed by atoms with E-state index in [1.807, 2.05) is 0 Å². The first kappa shape index (κ1) is 18.6. The standard InChI is InChI=1S/C17H22F3NO3/c1-2-23-16(22)13-6-8-21(9-7-13)10-11-24-15-5-3-4-14(12-15)17(18,19)20/h3-5,12-13H,2,6-11H2,1H3/p+1. The summed E-state index contributed by atoms with van der Waals surface area (Å²) in [5.74, 6) is 0.0699. The second-order valence-electron chi connectivity index (χ2n) is 5.90. The first-order chi connectivity index (χ1) is 11.4. The summed E-state index contributed by atoms with van der Waals surface area (Å²) in [6.45, 7) is 4.93. The molecule has 1 heterocycles. The molecule has 2 rings (SSSR count). The molecule has 1 saturated heterocycles. The van der Waals surface area contributed by atoms with Gasteiger partial charge in [-0.3, -0.25) is 4.79 Å². The number of likely N-dealkylation sites (tertiary alicyclic amines) is 1. The molecule has 1 aliphatic heterocycles. The van der Waals surface area contributed by atoms with E-state index in [4.69, 9.17) is 9.47 Å². The Morgan fingerprint density at radius 3 is 2.62 bits per heavy atom. The van der Waals surface area contributed by atoms with Crippen molar-refractivity contribution >= 4 is 5.97 Å². The van der Waals surface area contributed by atoms with Gasteiger partial charge in [0.1, 0.15) is 18.9 Å². The van der Waals surface area contributed by atoms with E-state index in [0.717, 1.165) is 38.1 Å². The molecule has 0 saturated carbocycles. The Balaban J connectivity index is 1.73. The third-order valence-electron chi connectivity index (χ3n) is 4.20. The third-order valence-corrected chi connectivity index (χ3v) is 4.20. The van der Waals surface area contributed by atoms with Gasteiger partial charge in [-0.05, 0) is 25.1 Å². The molecule has 24 heavy (non-hydrogen) atoms. The highest BCUT2D eigenvalue weighted by atomic mass is 19.4. The summed E-state index contributed by atoms with van der Waals surface area (Å²) in [6.07, 6.45) is -2.81. The van der Waals surface area contributed by atoms with Gasteiger partial charge in [-0.15, -0.1) is 0 Å². The van der Waals surface area contributed by atoms with Crippen LogP contribution < -0.4 is 9.64 Å². The molecule has 134 valence electrons. The van der Waals surface area contributed by atoms with Crippen LogP contribution in [-0.2, 0) is 15.7 Å². The molecule has 0 atom stereocenters. The van der Waals surface area contributed by atoms with Crippen LogP contribution in [0.25, 0.3) is 0 Å². The monoisotopic (exact) mass is 346 g/mol. The first-order valence-electron chi connectivity index (χ1n) is 8.20. The molecular formula is C17H23F3NO3+. The number of esters is 1. The minimum absolute atomic E-state index is 0.0296. The van der Waals surface area contributed by atoms with Gasteiger partial charge in [0.2, 0.25) is 0 Å². The summed E-state index contributed by atoms with van der Waals surface area (Å²) >= 11 is 0. The number of carbonyl (C=O) groups excluding carboxylic acids is 1. The van der Waals surface area contributed by atoms with Gasteiger partial charge < -0.3 is 14.4 Å². The number of alkyl halides is 3. The van der Waals surface area contributed by atoms with Gasteiger partial charge in [-0.2, -0.15) is 13.2 Å². The molecule has 0 aromatic heterocycles. The number of hydrogen-bond donors (Lipinski definition) is 1. The molecule has 1 aromatic carbocycles. The van der Waals surface area contributed by atoms with Crippen molar-refractivity contribution in [2.75, 3.05) is 32.8 Å². The van der Waals surface area contributed by atoms with Crippen LogP contribution in [0.1, 0.15) is 25.3 Å². The zero-order chi connectivity index (χ0) is 17.6. The zero-order valence-electron chi connectivity index (χ0n) is 13.7. The molecule has 0 aliphatic carbocycles. The first-order valence-corrected chi connectivity index (χ1v) is 8.20. The number of hydrogen-bond acceptors (Lipinski definition) is 3. The number of rotatable bonds is 6. The molecule has 1 N–H and O–H groups in total. The summed E-state index contributed by atoms with van der Waals surface area (Å²) in [7, 11) is 0. The van der Waals surface area contributed by atoms with E-state index < -0.39 is 11.7 Å². The zero-order valence-corrected chi connectivity index (χ0v) is 13.7. The summed E-state index contributed by atoms with van der Waals surface area (Å²) < 4.78 is 48.4. The maximum absolute atomic E-state index is 12.6.